The Morgan fingerprint density at radius 3 is 2.38 bits per heavy atom. The number of nitrogens with one attached hydrogen (secondary N) is 1. The lowest BCUT2D eigenvalue weighted by molar-refractivity contribution is -0.141. The molecule has 0 aliphatic rings. The number of nitrogens with zero attached hydrogens (tertiary/aromatic N) is 1. The van der Waals surface area contributed by atoms with Gasteiger partial charge in [0.2, 0.25) is 0 Å². The Labute approximate surface area is 117 Å². The molecule has 0 aromatic carbocycles. The maximum absolute atomic E-state index is 12.4. The summed E-state index contributed by atoms with van der Waals surface area (Å²) in [4.78, 5) is 36.7. The first-order valence-electron chi connectivity index (χ1n) is 5.98. The lowest BCUT2D eigenvalue weighted by Gasteiger charge is -2.19. The van der Waals surface area contributed by atoms with E-state index >= 15 is 0 Å². The predicted octanol–water partition coefficient (Wildman–Crippen LogP) is 1.33. The van der Waals surface area contributed by atoms with Crippen LogP contribution in [0.1, 0.15) is 29.4 Å². The number of aliphatic carboxylic acids is 1. The van der Waals surface area contributed by atoms with Crippen LogP contribution in [0.15, 0.2) is 16.9 Å². The van der Waals surface area contributed by atoms with Crippen LogP contribution in [-0.4, -0.2) is 40.0 Å². The maximum atomic E-state index is 12.4. The number of rotatable bonds is 5. The third-order valence-electron chi connectivity index (χ3n) is 2.71. The molecule has 1 amide bonds. The molecule has 1 aromatic heterocycles. The van der Waals surface area contributed by atoms with E-state index in [1.807, 2.05) is 0 Å². The Balaban J connectivity index is 3.01. The Morgan fingerprint density at radius 2 is 1.95 bits per heavy atom. The molecule has 0 fully saturated rings. The molecule has 2 N–H and O–H groups in total. The van der Waals surface area contributed by atoms with E-state index in [4.69, 9.17) is 5.11 Å². The minimum atomic E-state index is -4.71. The maximum Gasteiger partial charge on any atom is 0.431 e. The quantitative estimate of drug-likeness (QED) is 0.858. The largest absolute Gasteiger partial charge is 0.481 e. The van der Waals surface area contributed by atoms with Gasteiger partial charge in [0, 0.05) is 13.1 Å². The van der Waals surface area contributed by atoms with Crippen LogP contribution < -0.4 is 5.56 Å². The zero-order chi connectivity index (χ0) is 16.2. The normalized spacial score (nSPS) is 11.2. The van der Waals surface area contributed by atoms with Crippen LogP contribution in [0.3, 0.4) is 0 Å². The smallest absolute Gasteiger partial charge is 0.431 e. The molecule has 0 unspecified atom stereocenters. The first kappa shape index (κ1) is 16.7. The molecule has 6 nitrogen and oxygen atoms in total. The highest BCUT2D eigenvalue weighted by atomic mass is 19.4. The molecule has 1 aromatic rings. The summed E-state index contributed by atoms with van der Waals surface area (Å²) in [6, 6.07) is 1.38. The summed E-state index contributed by atoms with van der Waals surface area (Å²) in [7, 11) is 0. The van der Waals surface area contributed by atoms with E-state index in [0.29, 0.717) is 6.07 Å². The fourth-order valence-corrected chi connectivity index (χ4v) is 1.61. The van der Waals surface area contributed by atoms with Crippen molar-refractivity contribution in [3.63, 3.8) is 0 Å². The van der Waals surface area contributed by atoms with Gasteiger partial charge in [-0.1, -0.05) is 0 Å². The van der Waals surface area contributed by atoms with Gasteiger partial charge in [-0.3, -0.25) is 14.4 Å². The van der Waals surface area contributed by atoms with E-state index in [2.05, 4.69) is 0 Å². The van der Waals surface area contributed by atoms with E-state index in [-0.39, 0.29) is 19.5 Å². The number of hydrogen-bond acceptors (Lipinski definition) is 3. The molecule has 0 saturated carbocycles. The third-order valence-corrected chi connectivity index (χ3v) is 2.71. The molecular formula is C12H13F3N2O4. The Kier molecular flexibility index (Phi) is 5.12. The summed E-state index contributed by atoms with van der Waals surface area (Å²) in [5.74, 6) is -1.93. The van der Waals surface area contributed by atoms with E-state index in [0.717, 1.165) is 11.0 Å². The summed E-state index contributed by atoms with van der Waals surface area (Å²) in [5, 5.41) is 8.56. The molecule has 9 heteroatoms. The molecule has 0 spiro atoms. The Morgan fingerprint density at radius 1 is 1.33 bits per heavy atom. The standard InChI is InChI=1S/C12H13F3N2O4/c1-2-17(6-5-9(18)19)11(21)7-3-4-8(12(13,14)15)16-10(7)20/h3-4H,2,5-6H2,1H3,(H,16,20)(H,18,19). The van der Waals surface area contributed by atoms with E-state index in [1.165, 1.54) is 0 Å². The lowest BCUT2D eigenvalue weighted by Crippen LogP contribution is -2.36. The van der Waals surface area contributed by atoms with Gasteiger partial charge in [0.25, 0.3) is 11.5 Å². The topological polar surface area (TPSA) is 90.5 Å². The van der Waals surface area contributed by atoms with Crippen LogP contribution in [0, 0.1) is 0 Å². The minimum Gasteiger partial charge on any atom is -0.481 e. The summed E-state index contributed by atoms with van der Waals surface area (Å²) < 4.78 is 37.2. The van der Waals surface area contributed by atoms with Gasteiger partial charge in [0.1, 0.15) is 11.3 Å². The van der Waals surface area contributed by atoms with Crippen LogP contribution in [0.5, 0.6) is 0 Å². The highest BCUT2D eigenvalue weighted by Gasteiger charge is 2.32. The monoisotopic (exact) mass is 306 g/mol. The second kappa shape index (κ2) is 6.42. The van der Waals surface area contributed by atoms with Crippen molar-refractivity contribution in [2.75, 3.05) is 13.1 Å². The van der Waals surface area contributed by atoms with Crippen LogP contribution >= 0.6 is 0 Å². The number of carbonyl (C=O) groups is 2. The molecule has 0 saturated heterocycles. The summed E-state index contributed by atoms with van der Waals surface area (Å²) >= 11 is 0. The zero-order valence-electron chi connectivity index (χ0n) is 11.0. The number of carboxylic acid groups (broad SMARTS) is 1. The average molecular weight is 306 g/mol. The van der Waals surface area contributed by atoms with Crippen molar-refractivity contribution in [1.82, 2.24) is 9.88 Å². The van der Waals surface area contributed by atoms with Crippen molar-refractivity contribution in [2.45, 2.75) is 19.5 Å². The second-order valence-electron chi connectivity index (χ2n) is 4.14. The van der Waals surface area contributed by atoms with Gasteiger partial charge in [-0.2, -0.15) is 13.2 Å². The van der Waals surface area contributed by atoms with Gasteiger partial charge in [0.05, 0.1) is 6.42 Å². The van der Waals surface area contributed by atoms with E-state index in [9.17, 15) is 27.6 Å². The number of H-pyrrole nitrogens is 1. The Hall–Kier alpha value is -2.32. The molecule has 1 heterocycles. The van der Waals surface area contributed by atoms with E-state index in [1.54, 1.807) is 11.9 Å². The van der Waals surface area contributed by atoms with Crippen molar-refractivity contribution < 1.29 is 27.9 Å². The van der Waals surface area contributed by atoms with Crippen molar-refractivity contribution in [2.24, 2.45) is 0 Å². The van der Waals surface area contributed by atoms with Crippen molar-refractivity contribution >= 4 is 11.9 Å². The molecule has 116 valence electrons. The van der Waals surface area contributed by atoms with Crippen LogP contribution in [0.2, 0.25) is 0 Å². The number of halogens is 3. The summed E-state index contributed by atoms with van der Waals surface area (Å²) in [5.41, 5.74) is -2.88. The highest BCUT2D eigenvalue weighted by Crippen LogP contribution is 2.26. The SMILES string of the molecule is CCN(CCC(=O)O)C(=O)c1ccc(C(F)(F)F)[nH]c1=O. The van der Waals surface area contributed by atoms with Crippen LogP contribution in [-0.2, 0) is 11.0 Å². The zero-order valence-corrected chi connectivity index (χ0v) is 11.0. The van der Waals surface area contributed by atoms with Crippen LogP contribution in [0.4, 0.5) is 13.2 Å². The lowest BCUT2D eigenvalue weighted by atomic mass is 10.2. The van der Waals surface area contributed by atoms with Gasteiger partial charge >= 0.3 is 12.1 Å². The van der Waals surface area contributed by atoms with Crippen molar-refractivity contribution in [3.8, 4) is 0 Å². The van der Waals surface area contributed by atoms with Gasteiger partial charge in [-0.25, -0.2) is 0 Å². The predicted molar refractivity (Wildman–Crippen MR) is 65.9 cm³/mol. The van der Waals surface area contributed by atoms with Gasteiger partial charge in [0.15, 0.2) is 0 Å². The number of hydrogen-bond donors (Lipinski definition) is 2. The minimum absolute atomic E-state index is 0.132. The van der Waals surface area contributed by atoms with Gasteiger partial charge in [-0.05, 0) is 19.1 Å². The fraction of sp³-hybridized carbons (Fsp3) is 0.417. The number of aromatic nitrogens is 1. The average Bonchev–Trinajstić information content (AvgIpc) is 2.37. The molecular weight excluding hydrogens is 293 g/mol. The van der Waals surface area contributed by atoms with Crippen molar-refractivity contribution in [3.05, 3.63) is 33.7 Å². The first-order chi connectivity index (χ1) is 9.66. The van der Waals surface area contributed by atoms with Gasteiger partial charge < -0.3 is 15.0 Å². The summed E-state index contributed by atoms with van der Waals surface area (Å²) in [6.07, 6.45) is -5.04. The second-order valence-corrected chi connectivity index (χ2v) is 4.14. The van der Waals surface area contributed by atoms with Crippen molar-refractivity contribution in [1.29, 1.82) is 0 Å². The first-order valence-corrected chi connectivity index (χ1v) is 5.98. The number of alkyl halides is 3. The number of amides is 1. The Bertz CT molecular complexity index is 595. The molecule has 1 rings (SSSR count). The number of pyridine rings is 1. The molecule has 0 aliphatic carbocycles. The van der Waals surface area contributed by atoms with Gasteiger partial charge in [-0.15, -0.1) is 0 Å². The fourth-order valence-electron chi connectivity index (χ4n) is 1.61. The molecule has 21 heavy (non-hydrogen) atoms. The number of carbonyl (C=O) groups excluding carboxylic acids is 1. The van der Waals surface area contributed by atoms with E-state index < -0.39 is 34.9 Å². The number of aromatic amines is 1. The number of carboxylic acids is 1. The highest BCUT2D eigenvalue weighted by molar-refractivity contribution is 5.94. The molecule has 0 bridgehead atoms. The van der Waals surface area contributed by atoms with Crippen LogP contribution in [0.25, 0.3) is 0 Å². The molecule has 0 atom stereocenters. The summed E-state index contributed by atoms with van der Waals surface area (Å²) in [6.45, 7) is 1.57. The third kappa shape index (κ3) is 4.33. The molecule has 0 aliphatic heterocycles. The molecule has 0 radical (unpaired) electrons.